The van der Waals surface area contributed by atoms with Gasteiger partial charge in [0.05, 0.1) is 0 Å². The normalized spacial score (nSPS) is 23.6. The topological polar surface area (TPSA) is 49.3 Å². The minimum atomic E-state index is -0.414. The summed E-state index contributed by atoms with van der Waals surface area (Å²) in [6, 6.07) is 5.64. The number of halogens is 1. The van der Waals surface area contributed by atoms with Crippen molar-refractivity contribution in [2.24, 2.45) is 5.92 Å². The van der Waals surface area contributed by atoms with Crippen LogP contribution in [0.1, 0.15) is 29.6 Å². The highest BCUT2D eigenvalue weighted by Crippen LogP contribution is 2.25. The number of amides is 1. The molecule has 17 heavy (non-hydrogen) atoms. The second-order valence-electron chi connectivity index (χ2n) is 4.46. The van der Waals surface area contributed by atoms with Crippen molar-refractivity contribution in [3.63, 3.8) is 0 Å². The Hall–Kier alpha value is -1.42. The minimum Gasteiger partial charge on any atom is -0.396 e. The summed E-state index contributed by atoms with van der Waals surface area (Å²) in [5, 5.41) is 12.0. The smallest absolute Gasteiger partial charge is 0.251 e. The van der Waals surface area contributed by atoms with E-state index in [2.05, 4.69) is 5.32 Å². The second kappa shape index (κ2) is 5.27. The van der Waals surface area contributed by atoms with Crippen molar-refractivity contribution in [3.05, 3.63) is 35.6 Å². The van der Waals surface area contributed by atoms with Crippen LogP contribution in [-0.4, -0.2) is 23.7 Å². The van der Waals surface area contributed by atoms with Crippen LogP contribution >= 0.6 is 0 Å². The van der Waals surface area contributed by atoms with E-state index in [4.69, 9.17) is 5.11 Å². The van der Waals surface area contributed by atoms with Crippen LogP contribution in [0.15, 0.2) is 24.3 Å². The summed E-state index contributed by atoms with van der Waals surface area (Å²) in [5.41, 5.74) is 0.327. The first kappa shape index (κ1) is 12.0. The van der Waals surface area contributed by atoms with E-state index in [9.17, 15) is 9.18 Å². The van der Waals surface area contributed by atoms with Gasteiger partial charge in [-0.2, -0.15) is 0 Å². The molecule has 0 spiro atoms. The Morgan fingerprint density at radius 3 is 3.00 bits per heavy atom. The first-order valence-electron chi connectivity index (χ1n) is 5.88. The van der Waals surface area contributed by atoms with E-state index in [-0.39, 0.29) is 24.5 Å². The van der Waals surface area contributed by atoms with Gasteiger partial charge in [-0.1, -0.05) is 12.5 Å². The van der Waals surface area contributed by atoms with Gasteiger partial charge in [0.2, 0.25) is 0 Å². The van der Waals surface area contributed by atoms with Crippen LogP contribution in [0.3, 0.4) is 0 Å². The summed E-state index contributed by atoms with van der Waals surface area (Å²) in [6.45, 7) is 0.0914. The molecule has 2 atom stereocenters. The summed E-state index contributed by atoms with van der Waals surface area (Å²) in [6.07, 6.45) is 2.83. The molecular weight excluding hydrogens is 221 g/mol. The maximum absolute atomic E-state index is 13.0. The van der Waals surface area contributed by atoms with E-state index >= 15 is 0 Å². The van der Waals surface area contributed by atoms with Gasteiger partial charge < -0.3 is 10.4 Å². The fourth-order valence-corrected chi connectivity index (χ4v) is 2.33. The molecule has 1 aliphatic carbocycles. The van der Waals surface area contributed by atoms with Gasteiger partial charge in [0.15, 0.2) is 0 Å². The molecule has 0 aliphatic heterocycles. The number of aliphatic hydroxyl groups is 1. The number of nitrogens with one attached hydrogen (secondary N) is 1. The van der Waals surface area contributed by atoms with Crippen molar-refractivity contribution in [1.29, 1.82) is 0 Å². The first-order valence-corrected chi connectivity index (χ1v) is 5.88. The maximum atomic E-state index is 13.0. The highest BCUT2D eigenvalue weighted by Gasteiger charge is 2.28. The van der Waals surface area contributed by atoms with Gasteiger partial charge in [0.1, 0.15) is 5.82 Å². The van der Waals surface area contributed by atoms with Gasteiger partial charge >= 0.3 is 0 Å². The van der Waals surface area contributed by atoms with Crippen LogP contribution in [0.2, 0.25) is 0 Å². The molecule has 1 aliphatic rings. The molecule has 4 heteroatoms. The quantitative estimate of drug-likeness (QED) is 0.841. The van der Waals surface area contributed by atoms with Crippen LogP contribution in [0.25, 0.3) is 0 Å². The molecule has 0 bridgehead atoms. The predicted molar refractivity (Wildman–Crippen MR) is 62.1 cm³/mol. The van der Waals surface area contributed by atoms with Crippen molar-refractivity contribution < 1.29 is 14.3 Å². The van der Waals surface area contributed by atoms with Gasteiger partial charge in [-0.25, -0.2) is 4.39 Å². The molecule has 92 valence electrons. The monoisotopic (exact) mass is 237 g/mol. The lowest BCUT2D eigenvalue weighted by Gasteiger charge is -2.18. The molecule has 1 aromatic rings. The summed E-state index contributed by atoms with van der Waals surface area (Å²) < 4.78 is 13.0. The highest BCUT2D eigenvalue weighted by atomic mass is 19.1. The lowest BCUT2D eigenvalue weighted by molar-refractivity contribution is 0.0915. The summed E-state index contributed by atoms with van der Waals surface area (Å²) in [7, 11) is 0. The number of carbonyl (C=O) groups is 1. The molecule has 0 saturated heterocycles. The molecule has 0 aromatic heterocycles. The fourth-order valence-electron chi connectivity index (χ4n) is 2.33. The zero-order valence-corrected chi connectivity index (χ0v) is 9.53. The van der Waals surface area contributed by atoms with E-state index in [1.807, 2.05) is 0 Å². The number of hydrogen-bond acceptors (Lipinski definition) is 2. The predicted octanol–water partition coefficient (Wildman–Crippen LogP) is 1.72. The Bertz CT molecular complexity index is 408. The zero-order chi connectivity index (χ0) is 12.3. The van der Waals surface area contributed by atoms with Crippen molar-refractivity contribution in [1.82, 2.24) is 5.32 Å². The third kappa shape index (κ3) is 2.82. The van der Waals surface area contributed by atoms with E-state index < -0.39 is 5.82 Å². The van der Waals surface area contributed by atoms with E-state index in [0.717, 1.165) is 19.3 Å². The van der Waals surface area contributed by atoms with Crippen LogP contribution in [0, 0.1) is 11.7 Å². The fraction of sp³-hybridized carbons (Fsp3) is 0.462. The average Bonchev–Trinajstić information content (AvgIpc) is 2.76. The molecule has 1 fully saturated rings. The first-order chi connectivity index (χ1) is 8.20. The Morgan fingerprint density at radius 1 is 1.47 bits per heavy atom. The zero-order valence-electron chi connectivity index (χ0n) is 9.53. The number of benzene rings is 1. The van der Waals surface area contributed by atoms with Crippen LogP contribution < -0.4 is 5.32 Å². The summed E-state index contributed by atoms with van der Waals surface area (Å²) in [5.74, 6) is -0.551. The van der Waals surface area contributed by atoms with Crippen molar-refractivity contribution >= 4 is 5.91 Å². The van der Waals surface area contributed by atoms with E-state index in [0.29, 0.717) is 5.56 Å². The van der Waals surface area contributed by atoms with Crippen LogP contribution in [-0.2, 0) is 0 Å². The molecule has 2 rings (SSSR count). The van der Waals surface area contributed by atoms with Gasteiger partial charge in [-0.15, -0.1) is 0 Å². The van der Waals surface area contributed by atoms with Crippen molar-refractivity contribution in [3.8, 4) is 0 Å². The molecule has 3 nitrogen and oxygen atoms in total. The largest absolute Gasteiger partial charge is 0.396 e. The lowest BCUT2D eigenvalue weighted by Crippen LogP contribution is -2.38. The number of carbonyl (C=O) groups excluding carboxylic acids is 1. The minimum absolute atomic E-state index is 0.00997. The second-order valence-corrected chi connectivity index (χ2v) is 4.46. The standard InChI is InChI=1S/C13H16FNO2/c14-11-5-1-3-9(7-11)13(17)15-12-6-2-4-10(12)8-16/h1,3,5,7,10,12,16H,2,4,6,8H2,(H,15,17). The number of aliphatic hydroxyl groups excluding tert-OH is 1. The SMILES string of the molecule is O=C(NC1CCCC1CO)c1cccc(F)c1. The van der Waals surface area contributed by atoms with Gasteiger partial charge in [-0.05, 0) is 31.0 Å². The Kier molecular flexibility index (Phi) is 3.74. The molecule has 0 radical (unpaired) electrons. The Labute approximate surface area is 99.7 Å². The van der Waals surface area contributed by atoms with E-state index in [1.54, 1.807) is 6.07 Å². The van der Waals surface area contributed by atoms with Crippen LogP contribution in [0.4, 0.5) is 4.39 Å². The third-order valence-electron chi connectivity index (χ3n) is 3.30. The number of hydrogen-bond donors (Lipinski definition) is 2. The molecule has 2 unspecified atom stereocenters. The summed E-state index contributed by atoms with van der Waals surface area (Å²) in [4.78, 5) is 11.9. The third-order valence-corrected chi connectivity index (χ3v) is 3.30. The molecule has 0 heterocycles. The molecule has 1 amide bonds. The van der Waals surface area contributed by atoms with Gasteiger partial charge in [0, 0.05) is 24.1 Å². The summed E-state index contributed by atoms with van der Waals surface area (Å²) >= 11 is 0. The van der Waals surface area contributed by atoms with Crippen molar-refractivity contribution in [2.75, 3.05) is 6.61 Å². The van der Waals surface area contributed by atoms with Gasteiger partial charge in [0.25, 0.3) is 5.91 Å². The van der Waals surface area contributed by atoms with Crippen LogP contribution in [0.5, 0.6) is 0 Å². The van der Waals surface area contributed by atoms with Gasteiger partial charge in [-0.3, -0.25) is 4.79 Å². The molecule has 1 aromatic carbocycles. The molecular formula is C13H16FNO2. The average molecular weight is 237 g/mol. The molecule has 1 saturated carbocycles. The number of rotatable bonds is 3. The van der Waals surface area contributed by atoms with E-state index in [1.165, 1.54) is 18.2 Å². The lowest BCUT2D eigenvalue weighted by atomic mass is 10.0. The highest BCUT2D eigenvalue weighted by molar-refractivity contribution is 5.94. The van der Waals surface area contributed by atoms with Crippen molar-refractivity contribution in [2.45, 2.75) is 25.3 Å². The Balaban J connectivity index is 2.01. The molecule has 2 N–H and O–H groups in total. The maximum Gasteiger partial charge on any atom is 0.251 e. The Morgan fingerprint density at radius 2 is 2.29 bits per heavy atom.